The zero-order valence-corrected chi connectivity index (χ0v) is 13.9. The number of aromatic nitrogens is 2. The first kappa shape index (κ1) is 16.7. The quantitative estimate of drug-likeness (QED) is 0.716. The van der Waals surface area contributed by atoms with Crippen LogP contribution in [0.1, 0.15) is 27.2 Å². The van der Waals surface area contributed by atoms with Gasteiger partial charge in [-0.15, -0.1) is 0 Å². The van der Waals surface area contributed by atoms with E-state index in [1.807, 2.05) is 13.8 Å². The van der Waals surface area contributed by atoms with E-state index in [4.69, 9.17) is 5.73 Å². The van der Waals surface area contributed by atoms with Gasteiger partial charge in [0.15, 0.2) is 0 Å². The summed E-state index contributed by atoms with van der Waals surface area (Å²) >= 11 is 4.35. The Morgan fingerprint density at radius 2 is 2.26 bits per heavy atom. The molecule has 0 atom stereocenters. The van der Waals surface area contributed by atoms with Gasteiger partial charge in [0.1, 0.15) is 0 Å². The Morgan fingerprint density at radius 3 is 2.89 bits per heavy atom. The predicted molar refractivity (Wildman–Crippen MR) is 85.1 cm³/mol. The molecule has 0 aromatic carbocycles. The van der Waals surface area contributed by atoms with E-state index < -0.39 is 0 Å². The number of carbonyl (C=O) groups is 1. The number of amides is 1. The van der Waals surface area contributed by atoms with Gasteiger partial charge in [-0.25, -0.2) is 0 Å². The Kier molecular flexibility index (Phi) is 7.12. The minimum atomic E-state index is -0.252. The smallest absolute Gasteiger partial charge is 0.236 e. The molecule has 1 aromatic rings. The molecule has 0 bridgehead atoms. The van der Waals surface area contributed by atoms with Crippen molar-refractivity contribution in [3.05, 3.63) is 0 Å². The van der Waals surface area contributed by atoms with E-state index in [9.17, 15) is 4.79 Å². The highest BCUT2D eigenvalue weighted by atomic mass is 32.2. The van der Waals surface area contributed by atoms with Gasteiger partial charge in [0.2, 0.25) is 16.2 Å². The number of carbonyl (C=O) groups excluding carboxylic acids is 1. The van der Waals surface area contributed by atoms with Gasteiger partial charge in [-0.3, -0.25) is 10.1 Å². The minimum absolute atomic E-state index is 0.0579. The fourth-order valence-corrected chi connectivity index (χ4v) is 3.38. The average Bonchev–Trinajstić information content (AvgIpc) is 2.72. The Labute approximate surface area is 126 Å². The summed E-state index contributed by atoms with van der Waals surface area (Å²) in [5, 5.41) is 4.06. The maximum atomic E-state index is 11.7. The van der Waals surface area contributed by atoms with Gasteiger partial charge in [-0.2, -0.15) is 21.1 Å². The third-order valence-electron chi connectivity index (χ3n) is 1.80. The maximum Gasteiger partial charge on any atom is 0.236 e. The van der Waals surface area contributed by atoms with E-state index in [-0.39, 0.29) is 11.4 Å². The third kappa shape index (κ3) is 7.76. The van der Waals surface area contributed by atoms with Crippen LogP contribution in [0, 0.1) is 0 Å². The Bertz CT molecular complexity index is 403. The Morgan fingerprint density at radius 1 is 1.53 bits per heavy atom. The van der Waals surface area contributed by atoms with Gasteiger partial charge < -0.3 is 5.73 Å². The van der Waals surface area contributed by atoms with E-state index in [1.54, 1.807) is 11.8 Å². The highest BCUT2D eigenvalue weighted by Crippen LogP contribution is 2.20. The lowest BCUT2D eigenvalue weighted by atomic mass is 10.1. The van der Waals surface area contributed by atoms with E-state index >= 15 is 0 Å². The molecule has 0 unspecified atom stereocenters. The largest absolute Gasteiger partial charge is 0.325 e. The maximum absolute atomic E-state index is 11.7. The van der Waals surface area contributed by atoms with Crippen LogP contribution in [-0.4, -0.2) is 38.1 Å². The van der Waals surface area contributed by atoms with Gasteiger partial charge in [0.05, 0.1) is 5.75 Å². The number of thioether (sulfide) groups is 2. The van der Waals surface area contributed by atoms with E-state index in [0.29, 0.717) is 10.9 Å². The molecule has 108 valence electrons. The predicted octanol–water partition coefficient (Wildman–Crippen LogP) is 2.45. The van der Waals surface area contributed by atoms with Crippen LogP contribution in [0.4, 0.5) is 5.13 Å². The second kappa shape index (κ2) is 8.08. The summed E-state index contributed by atoms with van der Waals surface area (Å²) in [4.78, 5) is 15.9. The molecule has 0 radical (unpaired) electrons. The van der Waals surface area contributed by atoms with Crippen molar-refractivity contribution < 1.29 is 4.79 Å². The lowest BCUT2D eigenvalue weighted by Crippen LogP contribution is -2.35. The lowest BCUT2D eigenvalue weighted by Gasteiger charge is -2.16. The van der Waals surface area contributed by atoms with Crippen LogP contribution in [0.25, 0.3) is 0 Å². The number of nitrogens with one attached hydrogen (secondary N) is 1. The molecule has 8 heteroatoms. The van der Waals surface area contributed by atoms with Crippen molar-refractivity contribution in [2.24, 2.45) is 5.73 Å². The molecule has 0 spiro atoms. The van der Waals surface area contributed by atoms with Gasteiger partial charge in [0, 0.05) is 28.6 Å². The molecule has 0 saturated carbocycles. The Hall–Kier alpha value is -0.310. The lowest BCUT2D eigenvalue weighted by molar-refractivity contribution is -0.113. The van der Waals surface area contributed by atoms with Crippen molar-refractivity contribution in [1.29, 1.82) is 0 Å². The van der Waals surface area contributed by atoms with E-state index in [0.717, 1.165) is 23.1 Å². The zero-order chi connectivity index (χ0) is 14.3. The summed E-state index contributed by atoms with van der Waals surface area (Å²) in [6, 6.07) is 0. The molecule has 1 rings (SSSR count). The fourth-order valence-electron chi connectivity index (χ4n) is 1.07. The number of anilines is 1. The first-order valence-corrected chi connectivity index (χ1v) is 8.95. The molecule has 1 aromatic heterocycles. The molecule has 1 heterocycles. The van der Waals surface area contributed by atoms with Crippen molar-refractivity contribution in [3.63, 3.8) is 0 Å². The highest BCUT2D eigenvalue weighted by Gasteiger charge is 2.13. The van der Waals surface area contributed by atoms with Crippen LogP contribution in [0.15, 0.2) is 5.16 Å². The number of hydrogen-bond acceptors (Lipinski definition) is 7. The first-order valence-electron chi connectivity index (χ1n) is 6.03. The molecule has 19 heavy (non-hydrogen) atoms. The summed E-state index contributed by atoms with van der Waals surface area (Å²) in [6.07, 6.45) is 1.08. The molecule has 0 aliphatic carbocycles. The molecule has 0 saturated heterocycles. The molecule has 5 nitrogen and oxygen atoms in total. The second-order valence-corrected chi connectivity index (χ2v) is 7.56. The van der Waals surface area contributed by atoms with Crippen molar-refractivity contribution >= 4 is 46.1 Å². The fraction of sp³-hybridized carbons (Fsp3) is 0.727. The Balaban J connectivity index is 2.30. The van der Waals surface area contributed by atoms with Crippen LogP contribution in [0.5, 0.6) is 0 Å². The van der Waals surface area contributed by atoms with Gasteiger partial charge in [-0.05, 0) is 20.3 Å². The first-order chi connectivity index (χ1) is 8.90. The molecule has 0 aliphatic rings. The number of rotatable bonds is 8. The summed E-state index contributed by atoms with van der Waals surface area (Å²) in [7, 11) is 0. The minimum Gasteiger partial charge on any atom is -0.325 e. The van der Waals surface area contributed by atoms with Crippen LogP contribution in [0.2, 0.25) is 0 Å². The van der Waals surface area contributed by atoms with Crippen LogP contribution in [0.3, 0.4) is 0 Å². The molecule has 3 N–H and O–H groups in total. The summed E-state index contributed by atoms with van der Waals surface area (Å²) in [5.41, 5.74) is 5.60. The monoisotopic (exact) mass is 320 g/mol. The summed E-state index contributed by atoms with van der Waals surface area (Å²) in [6.45, 7) is 6.00. The number of hydrogen-bond donors (Lipinski definition) is 2. The molecule has 0 fully saturated rings. The summed E-state index contributed by atoms with van der Waals surface area (Å²) in [5.74, 6) is 2.06. The van der Waals surface area contributed by atoms with Crippen LogP contribution < -0.4 is 11.1 Å². The second-order valence-electron chi connectivity index (χ2n) is 4.76. The van der Waals surface area contributed by atoms with Gasteiger partial charge >= 0.3 is 0 Å². The normalized spacial score (nSPS) is 11.6. The van der Waals surface area contributed by atoms with Crippen molar-refractivity contribution in [2.45, 2.75) is 37.9 Å². The molecule has 0 aliphatic heterocycles. The standard InChI is InChI=1S/C11H20N4OS3/c1-4-5-18-10-14-9(19-15-10)13-8(16)6-17-7-11(2,3)12/h4-7,12H2,1-3H3,(H,13,14,15,16). The molecule has 1 amide bonds. The van der Waals surface area contributed by atoms with Crippen molar-refractivity contribution in [1.82, 2.24) is 9.36 Å². The number of nitrogens with two attached hydrogens (primary N) is 1. The molecular formula is C11H20N4OS3. The summed E-state index contributed by atoms with van der Waals surface area (Å²) < 4.78 is 4.18. The zero-order valence-electron chi connectivity index (χ0n) is 11.4. The van der Waals surface area contributed by atoms with Gasteiger partial charge in [0.25, 0.3) is 0 Å². The SMILES string of the molecule is CCCSc1nsc(NC(=O)CSCC(C)(C)N)n1. The number of nitrogens with zero attached hydrogens (tertiary/aromatic N) is 2. The van der Waals surface area contributed by atoms with E-state index in [2.05, 4.69) is 21.6 Å². The topological polar surface area (TPSA) is 80.9 Å². The van der Waals surface area contributed by atoms with Crippen LogP contribution in [-0.2, 0) is 4.79 Å². The van der Waals surface area contributed by atoms with Gasteiger partial charge in [-0.1, -0.05) is 18.7 Å². The average molecular weight is 321 g/mol. The van der Waals surface area contributed by atoms with Crippen LogP contribution >= 0.6 is 35.1 Å². The highest BCUT2D eigenvalue weighted by molar-refractivity contribution is 8.00. The molecular weight excluding hydrogens is 300 g/mol. The van der Waals surface area contributed by atoms with E-state index in [1.165, 1.54) is 23.3 Å². The third-order valence-corrected chi connectivity index (χ3v) is 5.01. The van der Waals surface area contributed by atoms with Crippen molar-refractivity contribution in [2.75, 3.05) is 22.6 Å². The van der Waals surface area contributed by atoms with Crippen molar-refractivity contribution in [3.8, 4) is 0 Å².